The summed E-state index contributed by atoms with van der Waals surface area (Å²) < 4.78 is 22.7. The van der Waals surface area contributed by atoms with Gasteiger partial charge < -0.3 is 15.1 Å². The molecule has 2 aromatic rings. The molecule has 2 aliphatic rings. The average molecular weight is 402 g/mol. The Morgan fingerprint density at radius 3 is 2.50 bits per heavy atom. The van der Waals surface area contributed by atoms with Gasteiger partial charge in [0.05, 0.1) is 11.1 Å². The normalized spacial score (nSPS) is 19.5. The van der Waals surface area contributed by atoms with Gasteiger partial charge in [-0.25, -0.2) is 18.5 Å². The first-order valence-corrected chi connectivity index (χ1v) is 10.6. The zero-order valence-electron chi connectivity index (χ0n) is 15.7. The van der Waals surface area contributed by atoms with E-state index in [1.54, 1.807) is 30.3 Å². The number of carbonyl (C=O) groups is 1. The predicted octanol–water partition coefficient (Wildman–Crippen LogP) is 1.45. The monoisotopic (exact) mass is 402 g/mol. The highest BCUT2D eigenvalue weighted by Crippen LogP contribution is 2.40. The number of aromatic nitrogens is 2. The molecule has 28 heavy (non-hydrogen) atoms. The van der Waals surface area contributed by atoms with Crippen LogP contribution < -0.4 is 20.3 Å². The Balaban J connectivity index is 1.59. The number of nitrogens with two attached hydrogens (primary N) is 1. The second-order valence-electron chi connectivity index (χ2n) is 7.30. The highest BCUT2D eigenvalue weighted by atomic mass is 32.2. The van der Waals surface area contributed by atoms with Crippen LogP contribution in [0.2, 0.25) is 0 Å². The van der Waals surface area contributed by atoms with Crippen molar-refractivity contribution in [3.63, 3.8) is 0 Å². The maximum Gasteiger partial charge on any atom is 0.249 e. The molecule has 9 nitrogen and oxygen atoms in total. The number of hydrogen-bond donors (Lipinski definition) is 2. The summed E-state index contributed by atoms with van der Waals surface area (Å²) >= 11 is 0. The number of carbonyl (C=O) groups excluding carboxylic acids is 1. The Kier molecular flexibility index (Phi) is 4.47. The topological polar surface area (TPSA) is 122 Å². The number of nitrogens with zero attached hydrogens (tertiary/aromatic N) is 4. The molecule has 1 saturated carbocycles. The quantitative estimate of drug-likeness (QED) is 0.776. The minimum atomic E-state index is -3.74. The number of benzene rings is 1. The summed E-state index contributed by atoms with van der Waals surface area (Å²) in [6.07, 6.45) is 4.81. The van der Waals surface area contributed by atoms with Crippen LogP contribution in [-0.2, 0) is 14.8 Å². The van der Waals surface area contributed by atoms with Gasteiger partial charge in [-0.3, -0.25) is 4.79 Å². The van der Waals surface area contributed by atoms with Gasteiger partial charge in [-0.1, -0.05) is 12.8 Å². The van der Waals surface area contributed by atoms with E-state index in [-0.39, 0.29) is 16.8 Å². The van der Waals surface area contributed by atoms with Crippen molar-refractivity contribution < 1.29 is 13.2 Å². The van der Waals surface area contributed by atoms with Crippen LogP contribution in [0.3, 0.4) is 0 Å². The zero-order valence-corrected chi connectivity index (χ0v) is 16.5. The molecule has 1 aromatic heterocycles. The van der Waals surface area contributed by atoms with Gasteiger partial charge in [0.15, 0.2) is 5.82 Å². The second kappa shape index (κ2) is 6.71. The number of rotatable bonds is 5. The van der Waals surface area contributed by atoms with Gasteiger partial charge in [0.1, 0.15) is 11.7 Å². The fraction of sp³-hybridized carbons (Fsp3) is 0.389. The van der Waals surface area contributed by atoms with Gasteiger partial charge in [0.25, 0.3) is 0 Å². The van der Waals surface area contributed by atoms with E-state index >= 15 is 0 Å². The molecule has 10 heteroatoms. The van der Waals surface area contributed by atoms with Crippen LogP contribution >= 0.6 is 0 Å². The first-order chi connectivity index (χ1) is 13.2. The fourth-order valence-electron chi connectivity index (χ4n) is 3.36. The molecular formula is C18H22N6O3S. The molecule has 4 rings (SSSR count). The van der Waals surface area contributed by atoms with Crippen molar-refractivity contribution in [2.75, 3.05) is 29.2 Å². The number of fused-ring (bicyclic) bond motifs is 1. The van der Waals surface area contributed by atoms with Crippen LogP contribution in [0.5, 0.6) is 0 Å². The third-order valence-electron chi connectivity index (χ3n) is 5.22. The maximum absolute atomic E-state index is 12.7. The van der Waals surface area contributed by atoms with E-state index in [1.807, 2.05) is 11.9 Å². The summed E-state index contributed by atoms with van der Waals surface area (Å²) in [6.45, 7) is 0. The van der Waals surface area contributed by atoms with Gasteiger partial charge in [0, 0.05) is 19.8 Å². The summed E-state index contributed by atoms with van der Waals surface area (Å²) in [7, 11) is -0.107. The summed E-state index contributed by atoms with van der Waals surface area (Å²) in [5, 5.41) is 8.18. The van der Waals surface area contributed by atoms with Gasteiger partial charge in [-0.2, -0.15) is 4.98 Å². The summed E-state index contributed by atoms with van der Waals surface area (Å²) in [5.74, 6) is 1.72. The van der Waals surface area contributed by atoms with Crippen LogP contribution in [0.4, 0.5) is 23.1 Å². The Bertz CT molecular complexity index is 1020. The van der Waals surface area contributed by atoms with Crippen molar-refractivity contribution in [1.29, 1.82) is 0 Å². The van der Waals surface area contributed by atoms with E-state index in [0.29, 0.717) is 29.1 Å². The van der Waals surface area contributed by atoms with Crippen LogP contribution in [0.1, 0.15) is 19.3 Å². The van der Waals surface area contributed by atoms with Crippen molar-refractivity contribution in [1.82, 2.24) is 9.97 Å². The van der Waals surface area contributed by atoms with Crippen LogP contribution in [0.25, 0.3) is 0 Å². The number of hydrogen-bond acceptors (Lipinski definition) is 7. The third-order valence-corrected chi connectivity index (χ3v) is 6.15. The molecule has 1 aliphatic carbocycles. The van der Waals surface area contributed by atoms with Crippen LogP contribution in [0.15, 0.2) is 35.4 Å². The minimum Gasteiger partial charge on any atom is -0.346 e. The third kappa shape index (κ3) is 3.52. The van der Waals surface area contributed by atoms with Crippen LogP contribution in [0, 0.1) is 5.92 Å². The van der Waals surface area contributed by atoms with Gasteiger partial charge in [0.2, 0.25) is 21.9 Å². The minimum absolute atomic E-state index is 0.0344. The Morgan fingerprint density at radius 1 is 1.21 bits per heavy atom. The van der Waals surface area contributed by atoms with Crippen molar-refractivity contribution in [3.8, 4) is 0 Å². The standard InChI is InChI=1S/C18H22N6O3S/c1-23-14(9-11-3-4-11)17(25)24(2)15-10-20-18(22-16(15)23)21-12-5-7-13(8-6-12)28(19,26)27/h5-8,10-11,14H,3-4,9H2,1-2H3,(H2,19,26,27)(H,20,21,22)/t14-/m1/s1. The Hall–Kier alpha value is -2.72. The molecule has 0 radical (unpaired) electrons. The number of nitrogens with one attached hydrogen (secondary N) is 1. The van der Waals surface area contributed by atoms with Gasteiger partial charge >= 0.3 is 0 Å². The Labute approximate surface area is 163 Å². The molecule has 0 unspecified atom stereocenters. The SMILES string of the molecule is CN1C(=O)[C@@H](CC2CC2)N(C)c2nc(Nc3ccc(S(N)(=O)=O)cc3)ncc21. The number of likely N-dealkylation sites (N-methyl/N-ethyl adjacent to an activating group) is 2. The lowest BCUT2D eigenvalue weighted by Gasteiger charge is -2.38. The maximum atomic E-state index is 12.7. The van der Waals surface area contributed by atoms with Crippen molar-refractivity contribution in [3.05, 3.63) is 30.5 Å². The molecule has 1 aromatic carbocycles. The van der Waals surface area contributed by atoms with Gasteiger partial charge in [-0.15, -0.1) is 0 Å². The summed E-state index contributed by atoms with van der Waals surface area (Å²) in [4.78, 5) is 25.2. The molecule has 148 valence electrons. The zero-order chi connectivity index (χ0) is 20.1. The first kappa shape index (κ1) is 18.6. The fourth-order valence-corrected chi connectivity index (χ4v) is 3.88. The van der Waals surface area contributed by atoms with Gasteiger partial charge in [-0.05, 0) is 36.6 Å². The lowest BCUT2D eigenvalue weighted by molar-refractivity contribution is -0.120. The summed E-state index contributed by atoms with van der Waals surface area (Å²) in [6, 6.07) is 5.80. The van der Waals surface area contributed by atoms with E-state index in [1.165, 1.54) is 25.0 Å². The highest BCUT2D eigenvalue weighted by molar-refractivity contribution is 7.89. The first-order valence-electron chi connectivity index (χ1n) is 9.01. The van der Waals surface area contributed by atoms with E-state index in [9.17, 15) is 13.2 Å². The molecule has 3 N–H and O–H groups in total. The molecule has 1 aliphatic heterocycles. The average Bonchev–Trinajstić information content (AvgIpc) is 3.47. The number of amides is 1. The molecule has 1 atom stereocenters. The predicted molar refractivity (Wildman–Crippen MR) is 106 cm³/mol. The molecule has 0 spiro atoms. The van der Waals surface area contributed by atoms with Crippen LogP contribution in [-0.4, -0.2) is 44.4 Å². The lowest BCUT2D eigenvalue weighted by Crippen LogP contribution is -2.51. The molecule has 1 fully saturated rings. The number of primary sulfonamides is 1. The van der Waals surface area contributed by atoms with E-state index in [4.69, 9.17) is 5.14 Å². The molecule has 0 saturated heterocycles. The van der Waals surface area contributed by atoms with Crippen molar-refractivity contribution in [2.24, 2.45) is 11.1 Å². The van der Waals surface area contributed by atoms with E-state index in [2.05, 4.69) is 15.3 Å². The van der Waals surface area contributed by atoms with E-state index < -0.39 is 10.0 Å². The molecule has 2 heterocycles. The lowest BCUT2D eigenvalue weighted by atomic mass is 10.0. The highest BCUT2D eigenvalue weighted by Gasteiger charge is 2.39. The number of sulfonamides is 1. The smallest absolute Gasteiger partial charge is 0.249 e. The summed E-state index contributed by atoms with van der Waals surface area (Å²) in [5.41, 5.74) is 1.29. The van der Waals surface area contributed by atoms with Crippen molar-refractivity contribution in [2.45, 2.75) is 30.2 Å². The largest absolute Gasteiger partial charge is 0.346 e. The van der Waals surface area contributed by atoms with E-state index in [0.717, 1.165) is 6.42 Å². The molecule has 0 bridgehead atoms. The molecular weight excluding hydrogens is 380 g/mol. The second-order valence-corrected chi connectivity index (χ2v) is 8.86. The molecule has 1 amide bonds. The van der Waals surface area contributed by atoms with Crippen molar-refractivity contribution >= 4 is 39.1 Å². The number of anilines is 4. The Morgan fingerprint density at radius 2 is 1.89 bits per heavy atom.